The molecule has 1 aliphatic rings. The maximum absolute atomic E-state index is 14.9. The van der Waals surface area contributed by atoms with E-state index in [1.807, 2.05) is 6.92 Å². The Morgan fingerprint density at radius 1 is 1.16 bits per heavy atom. The number of hydrogen-bond acceptors (Lipinski definition) is 8. The van der Waals surface area contributed by atoms with Crippen LogP contribution in [0.3, 0.4) is 0 Å². The molecule has 4 N–H and O–H groups in total. The van der Waals surface area contributed by atoms with Crippen LogP contribution in [0.15, 0.2) is 48.9 Å². The molecule has 3 heterocycles. The zero-order valence-corrected chi connectivity index (χ0v) is 24.8. The summed E-state index contributed by atoms with van der Waals surface area (Å²) >= 11 is 0. The number of methoxy groups -OCH3 is 1. The van der Waals surface area contributed by atoms with Crippen LogP contribution in [0, 0.1) is 11.6 Å². The third-order valence-electron chi connectivity index (χ3n) is 7.49. The summed E-state index contributed by atoms with van der Waals surface area (Å²) in [6.07, 6.45) is 4.98. The third kappa shape index (κ3) is 6.20. The number of rotatable bonds is 8. The number of hydrazine groups is 1. The molecular formula is C30H32F2N8O5. The molecule has 5 rings (SSSR count). The Morgan fingerprint density at radius 3 is 2.67 bits per heavy atom. The molecule has 0 spiro atoms. The number of nitrogens with one attached hydrogen (secondary N) is 3. The number of hydrogen-bond donors (Lipinski definition) is 4. The summed E-state index contributed by atoms with van der Waals surface area (Å²) in [7, 11) is 1.26. The number of piperazine rings is 1. The van der Waals surface area contributed by atoms with Crippen molar-refractivity contribution in [3.8, 4) is 17.0 Å². The number of carbonyl (C=O) groups is 3. The number of carboxylic acid groups (broad SMARTS) is 1. The van der Waals surface area contributed by atoms with Crippen LogP contribution in [0.2, 0.25) is 0 Å². The van der Waals surface area contributed by atoms with E-state index in [2.05, 4.69) is 26.0 Å². The Balaban J connectivity index is 1.34. The van der Waals surface area contributed by atoms with Crippen LogP contribution in [0.5, 0.6) is 5.75 Å². The predicted octanol–water partition coefficient (Wildman–Crippen LogP) is 3.43. The second kappa shape index (κ2) is 13.1. The van der Waals surface area contributed by atoms with Crippen molar-refractivity contribution in [3.63, 3.8) is 0 Å². The van der Waals surface area contributed by atoms with Gasteiger partial charge < -0.3 is 25.4 Å². The van der Waals surface area contributed by atoms with Gasteiger partial charge in [0.1, 0.15) is 6.04 Å². The zero-order valence-electron chi connectivity index (χ0n) is 24.8. The van der Waals surface area contributed by atoms with Gasteiger partial charge in [0.2, 0.25) is 5.82 Å². The summed E-state index contributed by atoms with van der Waals surface area (Å²) in [6.45, 7) is 4.36. The van der Waals surface area contributed by atoms with Gasteiger partial charge in [-0.1, -0.05) is 6.92 Å². The molecule has 0 radical (unpaired) electrons. The zero-order chi connectivity index (χ0) is 32.2. The predicted molar refractivity (Wildman–Crippen MR) is 160 cm³/mol. The number of halogens is 2. The molecule has 0 unspecified atom stereocenters. The Labute approximate surface area is 256 Å². The lowest BCUT2D eigenvalue weighted by Crippen LogP contribution is -2.60. The number of amides is 3. The first-order chi connectivity index (χ1) is 21.7. The fourth-order valence-corrected chi connectivity index (χ4v) is 5.12. The Hall–Kier alpha value is -5.31. The van der Waals surface area contributed by atoms with Gasteiger partial charge in [0.05, 0.1) is 19.0 Å². The Morgan fingerprint density at radius 2 is 1.96 bits per heavy atom. The summed E-state index contributed by atoms with van der Waals surface area (Å²) in [5.41, 5.74) is 4.95. The highest BCUT2D eigenvalue weighted by Crippen LogP contribution is 2.31. The molecule has 1 atom stereocenters. The highest BCUT2D eigenvalue weighted by atomic mass is 19.2. The number of aliphatic carboxylic acids is 1. The summed E-state index contributed by atoms with van der Waals surface area (Å²) in [4.78, 5) is 47.9. The van der Waals surface area contributed by atoms with Gasteiger partial charge in [-0.25, -0.2) is 24.2 Å². The smallest absolute Gasteiger partial charge is 0.338 e. The number of carboxylic acids is 1. The molecule has 13 nitrogen and oxygen atoms in total. The Bertz CT molecular complexity index is 1760. The number of nitrogens with zero attached hydrogens (tertiary/aromatic N) is 5. The molecule has 1 saturated heterocycles. The van der Waals surface area contributed by atoms with E-state index in [1.165, 1.54) is 36.5 Å². The molecule has 2 aromatic carbocycles. The van der Waals surface area contributed by atoms with E-state index < -0.39 is 35.6 Å². The first-order valence-electron chi connectivity index (χ1n) is 14.2. The normalized spacial score (nSPS) is 14.7. The first kappa shape index (κ1) is 31.1. The molecule has 1 fully saturated rings. The van der Waals surface area contributed by atoms with Crippen LogP contribution in [0.1, 0.15) is 29.8 Å². The van der Waals surface area contributed by atoms with Gasteiger partial charge in [-0.05, 0) is 49.2 Å². The molecule has 1 aliphatic heterocycles. The first-order valence-corrected chi connectivity index (χ1v) is 14.2. The van der Waals surface area contributed by atoms with Crippen molar-refractivity contribution < 1.29 is 33.0 Å². The van der Waals surface area contributed by atoms with E-state index in [-0.39, 0.29) is 24.4 Å². The van der Waals surface area contributed by atoms with E-state index in [0.717, 1.165) is 5.01 Å². The van der Waals surface area contributed by atoms with Crippen LogP contribution in [0.4, 0.5) is 25.1 Å². The van der Waals surface area contributed by atoms with Crippen LogP contribution >= 0.6 is 0 Å². The molecule has 0 aliphatic carbocycles. The van der Waals surface area contributed by atoms with Gasteiger partial charge in [-0.15, -0.1) is 0 Å². The van der Waals surface area contributed by atoms with Gasteiger partial charge in [0.25, 0.3) is 5.91 Å². The molecule has 45 heavy (non-hydrogen) atoms. The van der Waals surface area contributed by atoms with Crippen LogP contribution in [-0.2, 0) is 11.2 Å². The maximum Gasteiger partial charge on any atom is 0.338 e. The number of urea groups is 1. The van der Waals surface area contributed by atoms with Crippen molar-refractivity contribution >= 4 is 35.1 Å². The molecule has 0 bridgehead atoms. The minimum atomic E-state index is -1.10. The van der Waals surface area contributed by atoms with Crippen molar-refractivity contribution in [1.29, 1.82) is 0 Å². The van der Waals surface area contributed by atoms with E-state index in [0.29, 0.717) is 53.5 Å². The number of fused-ring (bicyclic) bond motifs is 1. The number of aryl methyl sites for hydroxylation is 1. The van der Waals surface area contributed by atoms with Gasteiger partial charge in [-0.2, -0.15) is 4.39 Å². The number of ether oxygens (including phenoxy) is 1. The van der Waals surface area contributed by atoms with Crippen LogP contribution in [-0.4, -0.2) is 86.6 Å². The van der Waals surface area contributed by atoms with E-state index >= 15 is 0 Å². The average molecular weight is 623 g/mol. The van der Waals surface area contributed by atoms with Crippen molar-refractivity contribution in [2.45, 2.75) is 26.3 Å². The summed E-state index contributed by atoms with van der Waals surface area (Å²) in [5, 5.41) is 16.5. The highest BCUT2D eigenvalue weighted by Gasteiger charge is 2.31. The number of carbonyl (C=O) groups excluding carboxylic acids is 2. The van der Waals surface area contributed by atoms with Crippen LogP contribution < -0.4 is 20.8 Å². The second-order valence-electron chi connectivity index (χ2n) is 10.2. The minimum absolute atomic E-state index is 0.000143. The largest absolute Gasteiger partial charge is 0.494 e. The van der Waals surface area contributed by atoms with Gasteiger partial charge in [-0.3, -0.25) is 19.4 Å². The van der Waals surface area contributed by atoms with Gasteiger partial charge in [0.15, 0.2) is 23.0 Å². The molecule has 0 saturated carbocycles. The molecule has 3 amide bonds. The monoisotopic (exact) mass is 622 g/mol. The van der Waals surface area contributed by atoms with Crippen molar-refractivity contribution in [3.05, 3.63) is 71.7 Å². The summed E-state index contributed by atoms with van der Waals surface area (Å²) in [5.74, 6) is -3.58. The number of anilines is 2. The van der Waals surface area contributed by atoms with Gasteiger partial charge in [0, 0.05) is 55.4 Å². The van der Waals surface area contributed by atoms with E-state index in [1.54, 1.807) is 35.7 Å². The highest BCUT2D eigenvalue weighted by molar-refractivity contribution is 5.97. The molecule has 236 valence electrons. The number of imidazole rings is 1. The van der Waals surface area contributed by atoms with Gasteiger partial charge >= 0.3 is 12.0 Å². The number of aromatic nitrogens is 3. The van der Waals surface area contributed by atoms with Crippen molar-refractivity contribution in [2.75, 3.05) is 38.6 Å². The fraction of sp³-hybridized carbons (Fsp3) is 0.300. The third-order valence-corrected chi connectivity index (χ3v) is 7.49. The molecular weight excluding hydrogens is 590 g/mol. The molecule has 4 aromatic rings. The summed E-state index contributed by atoms with van der Waals surface area (Å²) < 4.78 is 35.7. The SMILES string of the molecule is CCc1cc(Nc2nccn3c(-c4ccc(OC)c(F)c4F)cnc23)ccc1C(=O)NN(CC)C(=O)N1CCN[C@H](C(=O)O)C1. The average Bonchev–Trinajstić information content (AvgIpc) is 3.49. The quantitative estimate of drug-likeness (QED) is 0.217. The lowest BCUT2D eigenvalue weighted by atomic mass is 10.0. The van der Waals surface area contributed by atoms with E-state index in [9.17, 15) is 28.3 Å². The fourth-order valence-electron chi connectivity index (χ4n) is 5.12. The Kier molecular flexibility index (Phi) is 9.08. The van der Waals surface area contributed by atoms with Crippen LogP contribution in [0.25, 0.3) is 16.9 Å². The lowest BCUT2D eigenvalue weighted by molar-refractivity contribution is -0.140. The standard InChI is InChI=1S/C30H32F2N8O5/c1-4-17-14-18(6-7-19(17)28(41)37-40(5-2)30(44)38-12-10-33-21(16-38)29(42)43)36-26-27-35-15-22(39(27)13-11-34-26)20-8-9-23(45-3)25(32)24(20)31/h6-9,11,13-15,21,33H,4-5,10,12,16H2,1-3H3,(H,34,36)(H,37,41)(H,42,43)/t21-/m0/s1. The molecule has 15 heteroatoms. The lowest BCUT2D eigenvalue weighted by Gasteiger charge is -2.35. The number of benzene rings is 2. The molecule has 2 aromatic heterocycles. The maximum atomic E-state index is 14.9. The topological polar surface area (TPSA) is 153 Å². The second-order valence-corrected chi connectivity index (χ2v) is 10.2. The van der Waals surface area contributed by atoms with E-state index in [4.69, 9.17) is 4.74 Å². The van der Waals surface area contributed by atoms with Crippen molar-refractivity contribution in [1.82, 2.24) is 35.0 Å². The minimum Gasteiger partial charge on any atom is -0.494 e. The van der Waals surface area contributed by atoms with Crippen molar-refractivity contribution in [2.24, 2.45) is 0 Å². The summed E-state index contributed by atoms with van der Waals surface area (Å²) in [6, 6.07) is 6.44.